The molecule has 0 radical (unpaired) electrons. The van der Waals surface area contributed by atoms with Gasteiger partial charge in [0.2, 0.25) is 0 Å². The summed E-state index contributed by atoms with van der Waals surface area (Å²) in [6.07, 6.45) is -2.47. The number of aromatic nitrogens is 1. The molecule has 0 saturated heterocycles. The number of amides is 2. The molecule has 0 bridgehead atoms. The van der Waals surface area contributed by atoms with Crippen molar-refractivity contribution < 1.29 is 22.8 Å². The number of nitrogens with zero attached hydrogens (tertiary/aromatic N) is 2. The largest absolute Gasteiger partial charge is 0.416 e. The molecule has 0 saturated carbocycles. The summed E-state index contributed by atoms with van der Waals surface area (Å²) in [5.74, 6) is -0.724. The maximum Gasteiger partial charge on any atom is 0.416 e. The molecule has 5 aromatic rings. The Morgan fingerprint density at radius 1 is 0.810 bits per heavy atom. The summed E-state index contributed by atoms with van der Waals surface area (Å²) in [7, 11) is 0. The first-order valence-corrected chi connectivity index (χ1v) is 13.5. The number of halogens is 4. The number of fused-ring (bicyclic) bond motifs is 2. The Morgan fingerprint density at radius 3 is 2.31 bits per heavy atom. The number of carbonyl (C=O) groups is 2. The molecule has 9 heteroatoms. The molecule has 42 heavy (non-hydrogen) atoms. The number of hydrogen-bond acceptors (Lipinski definition) is 2. The number of rotatable bonds is 4. The molecule has 6 rings (SSSR count). The van der Waals surface area contributed by atoms with Crippen molar-refractivity contribution >= 4 is 34.8 Å². The van der Waals surface area contributed by atoms with E-state index in [4.69, 9.17) is 11.6 Å². The molecule has 2 heterocycles. The van der Waals surface area contributed by atoms with Crippen molar-refractivity contribution in [2.75, 3.05) is 10.2 Å². The molecule has 0 spiro atoms. The van der Waals surface area contributed by atoms with Gasteiger partial charge in [-0.3, -0.25) is 9.59 Å². The second kappa shape index (κ2) is 10.9. The molecular weight excluding hydrogens is 563 g/mol. The van der Waals surface area contributed by atoms with Crippen LogP contribution in [0.25, 0.3) is 11.1 Å². The summed E-state index contributed by atoms with van der Waals surface area (Å²) in [6.45, 7) is 1.04. The number of carbonyl (C=O) groups excluding carboxylic acids is 2. The lowest BCUT2D eigenvalue weighted by molar-refractivity contribution is -0.137. The number of anilines is 2. The van der Waals surface area contributed by atoms with Gasteiger partial charge in [-0.2, -0.15) is 13.2 Å². The third kappa shape index (κ3) is 5.29. The first-order valence-electron chi connectivity index (χ1n) is 13.1. The maximum absolute atomic E-state index is 13.7. The summed E-state index contributed by atoms with van der Waals surface area (Å²) in [6, 6.07) is 27.7. The highest BCUT2D eigenvalue weighted by Gasteiger charge is 2.30. The normalized spacial score (nSPS) is 12.7. The molecule has 210 valence electrons. The average Bonchev–Trinajstić information content (AvgIpc) is 3.36. The SMILES string of the molecule is O=C(Nc1ccc(C(=O)N2Cc3cccn3Cc3ccccc32)cc1Cl)c1ccccc1-c1ccc(C(F)(F)F)cc1. The Bertz CT molecular complexity index is 1810. The minimum atomic E-state index is -4.46. The standard InChI is InChI=1S/C33H23ClF3N3O2/c34-28-18-22(32(42)40-20-25-7-5-17-39(25)19-23-6-1-4-10-30(23)40)13-16-29(28)38-31(41)27-9-3-2-8-26(27)21-11-14-24(15-12-21)33(35,36)37/h1-18H,19-20H2,(H,38,41). The zero-order valence-electron chi connectivity index (χ0n) is 22.0. The molecule has 1 N–H and O–H groups in total. The second-order valence-electron chi connectivity index (χ2n) is 9.92. The third-order valence-electron chi connectivity index (χ3n) is 7.27. The van der Waals surface area contributed by atoms with E-state index in [0.717, 1.165) is 29.1 Å². The predicted molar refractivity (Wildman–Crippen MR) is 157 cm³/mol. The van der Waals surface area contributed by atoms with Crippen LogP contribution in [-0.2, 0) is 19.3 Å². The van der Waals surface area contributed by atoms with Crippen molar-refractivity contribution in [3.05, 3.63) is 142 Å². The molecular formula is C33H23ClF3N3O2. The Labute approximate surface area is 244 Å². The molecule has 4 aromatic carbocycles. The fraction of sp³-hybridized carbons (Fsp3) is 0.0909. The van der Waals surface area contributed by atoms with Gasteiger partial charge in [0.25, 0.3) is 11.8 Å². The monoisotopic (exact) mass is 585 g/mol. The first kappa shape index (κ1) is 27.4. The van der Waals surface area contributed by atoms with Crippen LogP contribution in [0.3, 0.4) is 0 Å². The molecule has 5 nitrogen and oxygen atoms in total. The van der Waals surface area contributed by atoms with Gasteiger partial charge in [0.15, 0.2) is 0 Å². The molecule has 0 atom stereocenters. The van der Waals surface area contributed by atoms with Crippen LogP contribution in [0.5, 0.6) is 0 Å². The van der Waals surface area contributed by atoms with Gasteiger partial charge < -0.3 is 14.8 Å². The predicted octanol–water partition coefficient (Wildman–Crippen LogP) is 8.29. The van der Waals surface area contributed by atoms with E-state index in [1.54, 1.807) is 41.3 Å². The number of hydrogen-bond donors (Lipinski definition) is 1. The molecule has 0 fully saturated rings. The van der Waals surface area contributed by atoms with E-state index in [1.807, 2.05) is 42.6 Å². The fourth-order valence-electron chi connectivity index (χ4n) is 5.13. The summed E-state index contributed by atoms with van der Waals surface area (Å²) < 4.78 is 41.2. The van der Waals surface area contributed by atoms with Crippen LogP contribution >= 0.6 is 11.6 Å². The van der Waals surface area contributed by atoms with Crippen molar-refractivity contribution in [3.63, 3.8) is 0 Å². The van der Waals surface area contributed by atoms with E-state index < -0.39 is 17.6 Å². The van der Waals surface area contributed by atoms with Gasteiger partial charge >= 0.3 is 6.18 Å². The highest BCUT2D eigenvalue weighted by atomic mass is 35.5. The van der Waals surface area contributed by atoms with E-state index in [1.165, 1.54) is 18.2 Å². The summed E-state index contributed by atoms with van der Waals surface area (Å²) in [5.41, 5.74) is 3.91. The zero-order valence-corrected chi connectivity index (χ0v) is 22.8. The molecule has 1 aromatic heterocycles. The Balaban J connectivity index is 1.25. The van der Waals surface area contributed by atoms with Gasteiger partial charge in [-0.1, -0.05) is 60.1 Å². The van der Waals surface area contributed by atoms with Crippen LogP contribution in [-0.4, -0.2) is 16.4 Å². The van der Waals surface area contributed by atoms with Crippen LogP contribution in [0.15, 0.2) is 109 Å². The molecule has 0 aliphatic carbocycles. The molecule has 1 aliphatic heterocycles. The minimum Gasteiger partial charge on any atom is -0.345 e. The van der Waals surface area contributed by atoms with Crippen LogP contribution in [0.1, 0.15) is 37.5 Å². The van der Waals surface area contributed by atoms with Crippen molar-refractivity contribution in [1.29, 1.82) is 0 Å². The topological polar surface area (TPSA) is 54.3 Å². The van der Waals surface area contributed by atoms with Gasteiger partial charge in [0.1, 0.15) is 0 Å². The van der Waals surface area contributed by atoms with Crippen LogP contribution < -0.4 is 10.2 Å². The highest BCUT2D eigenvalue weighted by molar-refractivity contribution is 6.34. The second-order valence-corrected chi connectivity index (χ2v) is 10.3. The number of benzene rings is 4. The van der Waals surface area contributed by atoms with Gasteiger partial charge in [0, 0.05) is 35.2 Å². The average molecular weight is 586 g/mol. The van der Waals surface area contributed by atoms with Crippen LogP contribution in [0.2, 0.25) is 5.02 Å². The maximum atomic E-state index is 13.7. The first-order chi connectivity index (χ1) is 20.2. The Kier molecular flexibility index (Phi) is 7.08. The van der Waals surface area contributed by atoms with Gasteiger partial charge in [-0.15, -0.1) is 0 Å². The molecule has 0 unspecified atom stereocenters. The quantitative estimate of drug-likeness (QED) is 0.231. The van der Waals surface area contributed by atoms with Crippen molar-refractivity contribution in [2.24, 2.45) is 0 Å². The number of alkyl halides is 3. The minimum absolute atomic E-state index is 0.174. The lowest BCUT2D eigenvalue weighted by atomic mass is 9.98. The van der Waals surface area contributed by atoms with Gasteiger partial charge in [-0.05, 0) is 71.3 Å². The lowest BCUT2D eigenvalue weighted by Gasteiger charge is -2.23. The zero-order chi connectivity index (χ0) is 29.4. The van der Waals surface area contributed by atoms with Crippen LogP contribution in [0.4, 0.5) is 24.5 Å². The van der Waals surface area contributed by atoms with Gasteiger partial charge in [-0.25, -0.2) is 0 Å². The third-order valence-corrected chi connectivity index (χ3v) is 7.58. The molecule has 1 aliphatic rings. The van der Waals surface area contributed by atoms with Crippen molar-refractivity contribution in [3.8, 4) is 11.1 Å². The van der Waals surface area contributed by atoms with E-state index in [2.05, 4.69) is 9.88 Å². The fourth-order valence-corrected chi connectivity index (χ4v) is 5.36. The van der Waals surface area contributed by atoms with Crippen molar-refractivity contribution in [2.45, 2.75) is 19.3 Å². The van der Waals surface area contributed by atoms with E-state index in [-0.39, 0.29) is 16.5 Å². The smallest absolute Gasteiger partial charge is 0.345 e. The Morgan fingerprint density at radius 2 is 1.55 bits per heavy atom. The Hall–Kier alpha value is -4.82. The molecule has 2 amide bonds. The highest BCUT2D eigenvalue weighted by Crippen LogP contribution is 2.33. The van der Waals surface area contributed by atoms with E-state index >= 15 is 0 Å². The van der Waals surface area contributed by atoms with E-state index in [9.17, 15) is 22.8 Å². The van der Waals surface area contributed by atoms with Crippen LogP contribution in [0, 0.1) is 0 Å². The van der Waals surface area contributed by atoms with Crippen molar-refractivity contribution in [1.82, 2.24) is 4.57 Å². The summed E-state index contributed by atoms with van der Waals surface area (Å²) in [4.78, 5) is 28.8. The summed E-state index contributed by atoms with van der Waals surface area (Å²) in [5, 5.41) is 2.95. The number of para-hydroxylation sites is 1. The number of nitrogens with one attached hydrogen (secondary N) is 1. The summed E-state index contributed by atoms with van der Waals surface area (Å²) >= 11 is 6.56. The lowest BCUT2D eigenvalue weighted by Crippen LogP contribution is -2.30. The van der Waals surface area contributed by atoms with E-state index in [0.29, 0.717) is 35.5 Å². The van der Waals surface area contributed by atoms with Gasteiger partial charge in [0.05, 0.1) is 22.8 Å².